The van der Waals surface area contributed by atoms with Gasteiger partial charge in [-0.3, -0.25) is 0 Å². The number of aryl methyl sites for hydroxylation is 4. The summed E-state index contributed by atoms with van der Waals surface area (Å²) in [4.78, 5) is 23.6. The molecule has 0 saturated heterocycles. The monoisotopic (exact) mass is 580 g/mol. The number of aromatic hydroxyl groups is 1. The van der Waals surface area contributed by atoms with E-state index in [9.17, 15) is 13.9 Å². The standard InChI is InChI=1S/C16H14F2N4.C16H16N4O/c1-9-8-20-10(2)15(9)14-3-4-19-16(22-14)21-13-6-11(17)5-12(18)7-13;1-10-9-18-11(2)15(10)14-7-8-17-16(20-14)19-12-3-5-13(21)6-4-12/h3-8,20H,1-2H3,(H,19,21,22);3-9,18,21H,1-2H3,(H,17,19,20). The van der Waals surface area contributed by atoms with Crippen LogP contribution in [0.25, 0.3) is 22.5 Å². The summed E-state index contributed by atoms with van der Waals surface area (Å²) in [5.41, 5.74) is 9.11. The van der Waals surface area contributed by atoms with Gasteiger partial charge in [0.05, 0.1) is 11.4 Å². The van der Waals surface area contributed by atoms with Gasteiger partial charge in [0.1, 0.15) is 17.4 Å². The number of nitrogens with zero attached hydrogens (tertiary/aromatic N) is 4. The van der Waals surface area contributed by atoms with Crippen molar-refractivity contribution in [3.05, 3.63) is 114 Å². The minimum absolute atomic E-state index is 0.230. The van der Waals surface area contributed by atoms with Crippen LogP contribution in [0.15, 0.2) is 79.4 Å². The fourth-order valence-electron chi connectivity index (χ4n) is 4.65. The number of anilines is 4. The van der Waals surface area contributed by atoms with Crippen LogP contribution in [0.1, 0.15) is 22.5 Å². The number of rotatable bonds is 6. The van der Waals surface area contributed by atoms with Crippen molar-refractivity contribution in [3.8, 4) is 28.3 Å². The molecule has 4 aromatic heterocycles. The van der Waals surface area contributed by atoms with Crippen LogP contribution in [-0.4, -0.2) is 35.0 Å². The second kappa shape index (κ2) is 12.5. The number of hydrogen-bond acceptors (Lipinski definition) is 7. The number of phenols is 1. The van der Waals surface area contributed by atoms with E-state index in [4.69, 9.17) is 0 Å². The van der Waals surface area contributed by atoms with Gasteiger partial charge in [-0.25, -0.2) is 28.7 Å². The largest absolute Gasteiger partial charge is 0.508 e. The van der Waals surface area contributed by atoms with Crippen molar-refractivity contribution in [2.45, 2.75) is 27.7 Å². The highest BCUT2D eigenvalue weighted by Crippen LogP contribution is 2.27. The number of benzene rings is 2. The van der Waals surface area contributed by atoms with Gasteiger partial charge in [0, 0.05) is 64.7 Å². The van der Waals surface area contributed by atoms with Crippen molar-refractivity contribution in [3.63, 3.8) is 0 Å². The Balaban J connectivity index is 0.000000171. The molecule has 11 heteroatoms. The normalized spacial score (nSPS) is 10.7. The van der Waals surface area contributed by atoms with Gasteiger partial charge >= 0.3 is 0 Å². The Kier molecular flexibility index (Phi) is 8.42. The van der Waals surface area contributed by atoms with Gasteiger partial charge in [-0.1, -0.05) is 0 Å². The Bertz CT molecular complexity index is 1810. The van der Waals surface area contributed by atoms with Gasteiger partial charge in [0.25, 0.3) is 0 Å². The van der Waals surface area contributed by atoms with Gasteiger partial charge in [0.15, 0.2) is 0 Å². The van der Waals surface area contributed by atoms with E-state index >= 15 is 0 Å². The summed E-state index contributed by atoms with van der Waals surface area (Å²) in [7, 11) is 0. The first kappa shape index (κ1) is 28.9. The first-order valence-corrected chi connectivity index (χ1v) is 13.4. The lowest BCUT2D eigenvalue weighted by Crippen LogP contribution is -1.99. The van der Waals surface area contributed by atoms with Gasteiger partial charge in [-0.2, -0.15) is 0 Å². The zero-order valence-electron chi connectivity index (χ0n) is 24.0. The first-order valence-electron chi connectivity index (χ1n) is 13.4. The van der Waals surface area contributed by atoms with Crippen LogP contribution in [0.2, 0.25) is 0 Å². The summed E-state index contributed by atoms with van der Waals surface area (Å²) in [6.45, 7) is 8.01. The Morgan fingerprint density at radius 1 is 0.628 bits per heavy atom. The zero-order chi connectivity index (χ0) is 30.5. The Morgan fingerprint density at radius 2 is 1.09 bits per heavy atom. The third-order valence-electron chi connectivity index (χ3n) is 6.61. The summed E-state index contributed by atoms with van der Waals surface area (Å²) in [6, 6.07) is 13.7. The van der Waals surface area contributed by atoms with E-state index < -0.39 is 11.6 Å². The molecule has 2 aromatic carbocycles. The van der Waals surface area contributed by atoms with Crippen LogP contribution in [0.5, 0.6) is 5.75 Å². The molecule has 0 amide bonds. The van der Waals surface area contributed by atoms with E-state index in [1.807, 2.05) is 46.2 Å². The Morgan fingerprint density at radius 3 is 1.53 bits per heavy atom. The summed E-state index contributed by atoms with van der Waals surface area (Å²) >= 11 is 0. The van der Waals surface area contributed by atoms with Crippen molar-refractivity contribution in [2.75, 3.05) is 10.6 Å². The lowest BCUT2D eigenvalue weighted by atomic mass is 10.1. The van der Waals surface area contributed by atoms with Crippen LogP contribution in [-0.2, 0) is 0 Å². The number of halogens is 2. The summed E-state index contributed by atoms with van der Waals surface area (Å²) < 4.78 is 26.4. The highest BCUT2D eigenvalue weighted by molar-refractivity contribution is 5.69. The summed E-state index contributed by atoms with van der Waals surface area (Å²) in [5.74, 6) is -0.276. The molecule has 0 unspecified atom stereocenters. The summed E-state index contributed by atoms with van der Waals surface area (Å²) in [5, 5.41) is 15.2. The Labute approximate surface area is 247 Å². The predicted molar refractivity (Wildman–Crippen MR) is 164 cm³/mol. The molecule has 0 bridgehead atoms. The van der Waals surface area contributed by atoms with Crippen LogP contribution in [0.3, 0.4) is 0 Å². The molecule has 6 aromatic rings. The molecule has 0 aliphatic rings. The van der Waals surface area contributed by atoms with Crippen molar-refractivity contribution in [1.29, 1.82) is 0 Å². The van der Waals surface area contributed by atoms with Crippen LogP contribution >= 0.6 is 0 Å². The van der Waals surface area contributed by atoms with E-state index in [0.717, 1.165) is 56.8 Å². The first-order chi connectivity index (χ1) is 20.7. The van der Waals surface area contributed by atoms with Gasteiger partial charge < -0.3 is 25.7 Å². The molecule has 218 valence electrons. The Hall–Kier alpha value is -5.58. The molecular formula is C32H30F2N8O. The molecule has 9 nitrogen and oxygen atoms in total. The maximum absolute atomic E-state index is 13.2. The smallest absolute Gasteiger partial charge is 0.227 e. The molecule has 0 atom stereocenters. The van der Waals surface area contributed by atoms with Crippen molar-refractivity contribution in [1.82, 2.24) is 29.9 Å². The van der Waals surface area contributed by atoms with Crippen molar-refractivity contribution in [2.24, 2.45) is 0 Å². The fourth-order valence-corrected chi connectivity index (χ4v) is 4.65. The molecule has 4 heterocycles. The molecule has 0 saturated carbocycles. The maximum atomic E-state index is 13.2. The quantitative estimate of drug-likeness (QED) is 0.128. The van der Waals surface area contributed by atoms with Crippen molar-refractivity contribution >= 4 is 23.3 Å². The van der Waals surface area contributed by atoms with Gasteiger partial charge in [-0.05, 0) is 87.4 Å². The third-order valence-corrected chi connectivity index (χ3v) is 6.61. The van der Waals surface area contributed by atoms with E-state index in [2.05, 4.69) is 40.5 Å². The molecule has 5 N–H and O–H groups in total. The number of phenolic OH excluding ortho intramolecular Hbond substituents is 1. The average molecular weight is 581 g/mol. The van der Waals surface area contributed by atoms with E-state index in [-0.39, 0.29) is 17.4 Å². The van der Waals surface area contributed by atoms with Gasteiger partial charge in [0.2, 0.25) is 11.9 Å². The molecule has 6 rings (SSSR count). The van der Waals surface area contributed by atoms with E-state index in [1.54, 1.807) is 42.7 Å². The molecule has 0 radical (unpaired) electrons. The molecule has 43 heavy (non-hydrogen) atoms. The maximum Gasteiger partial charge on any atom is 0.227 e. The minimum atomic E-state index is -0.657. The predicted octanol–water partition coefficient (Wildman–Crippen LogP) is 7.65. The lowest BCUT2D eigenvalue weighted by molar-refractivity contribution is 0.475. The highest BCUT2D eigenvalue weighted by atomic mass is 19.1. The SMILES string of the molecule is Cc1c[nH]c(C)c1-c1ccnc(Nc2cc(F)cc(F)c2)n1.Cc1c[nH]c(C)c1-c1ccnc(Nc2ccc(O)cc2)n1. The summed E-state index contributed by atoms with van der Waals surface area (Å²) in [6.07, 6.45) is 7.21. The zero-order valence-corrected chi connectivity index (χ0v) is 24.0. The molecule has 0 aliphatic heterocycles. The molecule has 0 spiro atoms. The van der Waals surface area contributed by atoms with Crippen LogP contribution in [0, 0.1) is 39.3 Å². The van der Waals surface area contributed by atoms with Crippen LogP contribution < -0.4 is 10.6 Å². The second-order valence-corrected chi connectivity index (χ2v) is 9.93. The van der Waals surface area contributed by atoms with E-state index in [1.165, 1.54) is 12.1 Å². The third kappa shape index (κ3) is 7.02. The highest BCUT2D eigenvalue weighted by Gasteiger charge is 2.11. The second-order valence-electron chi connectivity index (χ2n) is 9.93. The fraction of sp³-hybridized carbons (Fsp3) is 0.125. The molecular weight excluding hydrogens is 550 g/mol. The van der Waals surface area contributed by atoms with E-state index in [0.29, 0.717) is 5.95 Å². The lowest BCUT2D eigenvalue weighted by Gasteiger charge is -2.07. The number of hydrogen-bond donors (Lipinski definition) is 5. The molecule has 0 aliphatic carbocycles. The minimum Gasteiger partial charge on any atom is -0.508 e. The molecule has 0 fully saturated rings. The number of nitrogens with one attached hydrogen (secondary N) is 4. The number of aromatic amines is 2. The van der Waals surface area contributed by atoms with Crippen LogP contribution in [0.4, 0.5) is 32.1 Å². The number of aromatic nitrogens is 6. The number of H-pyrrole nitrogens is 2. The average Bonchev–Trinajstić information content (AvgIpc) is 3.49. The topological polar surface area (TPSA) is 127 Å². The van der Waals surface area contributed by atoms with Gasteiger partial charge in [-0.15, -0.1) is 0 Å². The van der Waals surface area contributed by atoms with Crippen molar-refractivity contribution < 1.29 is 13.9 Å².